The minimum absolute atomic E-state index is 0.0290. The van der Waals surface area contributed by atoms with Crippen LogP contribution in [0.25, 0.3) is 0 Å². The fourth-order valence-corrected chi connectivity index (χ4v) is 6.05. The first kappa shape index (κ1) is 27.2. The Morgan fingerprint density at radius 2 is 1.98 bits per heavy atom. The van der Waals surface area contributed by atoms with Gasteiger partial charge in [-0.15, -0.1) is 0 Å². The Labute approximate surface area is 226 Å². The Kier molecular flexibility index (Phi) is 6.76. The number of sulfonamides is 1. The number of aromatic nitrogens is 4. The van der Waals surface area contributed by atoms with Crippen LogP contribution < -0.4 is 4.90 Å². The number of carbonyl (C=O) groups excluding carboxylic acids is 1. The van der Waals surface area contributed by atoms with Gasteiger partial charge in [-0.1, -0.05) is 0 Å². The zero-order chi connectivity index (χ0) is 28.8. The minimum atomic E-state index is -4.78. The largest absolute Gasteiger partial charge is 0.455 e. The number of furan rings is 1. The van der Waals surface area contributed by atoms with Crippen LogP contribution >= 0.6 is 0 Å². The number of benzene rings is 1. The number of anilines is 1. The standard InChI is InChI=1S/C25H22F3N7O4S/c1-32-13-23(31-15-32)40(37,38)35(12-19-4-6-22(39-19)25(26,27)28)21-8-17-7-16(9-29)3-5-20(17)34(24(21)36)11-18-10-30-14-33(18)2/h3-7,10,13-15,21H,8,11-12H2,1-2H3. The maximum atomic E-state index is 14.0. The summed E-state index contributed by atoms with van der Waals surface area (Å²) in [5, 5.41) is 9.07. The number of fused-ring (bicyclic) bond motifs is 1. The summed E-state index contributed by atoms with van der Waals surface area (Å²) in [6, 6.07) is 7.09. The van der Waals surface area contributed by atoms with Crippen molar-refractivity contribution in [2.45, 2.75) is 36.8 Å². The van der Waals surface area contributed by atoms with Gasteiger partial charge in [-0.05, 0) is 35.9 Å². The maximum absolute atomic E-state index is 14.0. The van der Waals surface area contributed by atoms with Gasteiger partial charge in [0.25, 0.3) is 10.0 Å². The third kappa shape index (κ3) is 4.98. The first-order valence-corrected chi connectivity index (χ1v) is 13.3. The van der Waals surface area contributed by atoms with E-state index in [9.17, 15) is 31.6 Å². The summed E-state index contributed by atoms with van der Waals surface area (Å²) in [6.45, 7) is -0.639. The van der Waals surface area contributed by atoms with Gasteiger partial charge in [0.15, 0.2) is 5.03 Å². The molecule has 0 bridgehead atoms. The van der Waals surface area contributed by atoms with Crippen molar-refractivity contribution in [1.82, 2.24) is 23.4 Å². The van der Waals surface area contributed by atoms with E-state index in [1.807, 2.05) is 6.07 Å². The van der Waals surface area contributed by atoms with E-state index in [0.29, 0.717) is 28.6 Å². The van der Waals surface area contributed by atoms with Crippen LogP contribution in [-0.2, 0) is 54.6 Å². The molecule has 4 aromatic rings. The highest BCUT2D eigenvalue weighted by molar-refractivity contribution is 7.89. The SMILES string of the molecule is Cn1cnc(S(=O)(=O)N(Cc2ccc(C(F)(F)F)o2)C2Cc3cc(C#N)ccc3N(Cc3cncn3C)C2=O)c1. The van der Waals surface area contributed by atoms with Gasteiger partial charge in [-0.2, -0.15) is 22.7 Å². The van der Waals surface area contributed by atoms with Gasteiger partial charge in [0, 0.05) is 38.6 Å². The van der Waals surface area contributed by atoms with Crippen molar-refractivity contribution >= 4 is 21.6 Å². The molecule has 1 aliphatic heterocycles. The third-order valence-corrected chi connectivity index (χ3v) is 8.30. The lowest BCUT2D eigenvalue weighted by Crippen LogP contribution is -2.54. The Balaban J connectivity index is 1.62. The van der Waals surface area contributed by atoms with Gasteiger partial charge in [0.05, 0.1) is 43.1 Å². The Morgan fingerprint density at radius 3 is 2.58 bits per heavy atom. The summed E-state index contributed by atoms with van der Waals surface area (Å²) in [6.07, 6.45) is 0.679. The number of aryl methyl sites for hydroxylation is 2. The minimum Gasteiger partial charge on any atom is -0.455 e. The predicted molar refractivity (Wildman–Crippen MR) is 133 cm³/mol. The highest BCUT2D eigenvalue weighted by atomic mass is 32.2. The summed E-state index contributed by atoms with van der Waals surface area (Å²) in [7, 11) is -1.23. The molecule has 0 fully saturated rings. The Bertz CT molecular complexity index is 1730. The van der Waals surface area contributed by atoms with Crippen LogP contribution in [0.5, 0.6) is 0 Å². The van der Waals surface area contributed by atoms with Gasteiger partial charge in [0.2, 0.25) is 11.7 Å². The molecule has 0 spiro atoms. The van der Waals surface area contributed by atoms with E-state index >= 15 is 0 Å². The molecule has 3 aromatic heterocycles. The summed E-state index contributed by atoms with van der Waals surface area (Å²) in [5.41, 5.74) is 1.94. The van der Waals surface area contributed by atoms with E-state index in [0.717, 1.165) is 10.4 Å². The average molecular weight is 574 g/mol. The quantitative estimate of drug-likeness (QED) is 0.332. The second-order valence-electron chi connectivity index (χ2n) is 9.29. The number of rotatable bonds is 7. The van der Waals surface area contributed by atoms with Crippen molar-refractivity contribution in [1.29, 1.82) is 5.26 Å². The molecular formula is C25H22F3N7O4S. The molecule has 0 saturated heterocycles. The molecule has 208 valence electrons. The van der Waals surface area contributed by atoms with Gasteiger partial charge in [-0.25, -0.2) is 18.4 Å². The van der Waals surface area contributed by atoms with E-state index in [1.54, 1.807) is 49.4 Å². The first-order valence-electron chi connectivity index (χ1n) is 11.8. The second kappa shape index (κ2) is 9.96. The lowest BCUT2D eigenvalue weighted by molar-refractivity contribution is -0.153. The van der Waals surface area contributed by atoms with Gasteiger partial charge in [-0.3, -0.25) is 4.79 Å². The maximum Gasteiger partial charge on any atom is 0.449 e. The summed E-state index contributed by atoms with van der Waals surface area (Å²) < 4.78 is 76.2. The van der Waals surface area contributed by atoms with Gasteiger partial charge < -0.3 is 18.5 Å². The van der Waals surface area contributed by atoms with E-state index in [2.05, 4.69) is 9.97 Å². The monoisotopic (exact) mass is 573 g/mol. The number of carbonyl (C=O) groups is 1. The molecule has 1 unspecified atom stereocenters. The van der Waals surface area contributed by atoms with Crippen LogP contribution in [0.1, 0.15) is 28.3 Å². The number of amides is 1. The molecule has 15 heteroatoms. The van der Waals surface area contributed by atoms with Crippen molar-refractivity contribution in [3.05, 3.63) is 83.7 Å². The molecule has 0 radical (unpaired) electrons. The first-order chi connectivity index (χ1) is 18.9. The predicted octanol–water partition coefficient (Wildman–Crippen LogP) is 2.99. The van der Waals surface area contributed by atoms with Crippen molar-refractivity contribution < 1.29 is 30.8 Å². The van der Waals surface area contributed by atoms with Crippen molar-refractivity contribution in [2.24, 2.45) is 14.1 Å². The zero-order valence-corrected chi connectivity index (χ0v) is 22.0. The topological polar surface area (TPSA) is 130 Å². The Morgan fingerprint density at radius 1 is 1.20 bits per heavy atom. The highest BCUT2D eigenvalue weighted by Gasteiger charge is 2.44. The molecule has 40 heavy (non-hydrogen) atoms. The van der Waals surface area contributed by atoms with Gasteiger partial charge in [0.1, 0.15) is 11.8 Å². The van der Waals surface area contributed by atoms with E-state index in [1.165, 1.54) is 22.0 Å². The van der Waals surface area contributed by atoms with Crippen molar-refractivity contribution in [2.75, 3.05) is 4.90 Å². The molecule has 0 saturated carbocycles. The zero-order valence-electron chi connectivity index (χ0n) is 21.2. The van der Waals surface area contributed by atoms with Crippen LogP contribution in [0.15, 0.2) is 64.8 Å². The van der Waals surface area contributed by atoms with Crippen LogP contribution in [-0.4, -0.2) is 43.8 Å². The molecule has 1 atom stereocenters. The summed E-state index contributed by atoms with van der Waals surface area (Å²) in [5.74, 6) is -2.22. The van der Waals surface area contributed by atoms with Gasteiger partial charge >= 0.3 is 6.18 Å². The van der Waals surface area contributed by atoms with Crippen LogP contribution in [0.3, 0.4) is 0 Å². The number of nitriles is 1. The van der Waals surface area contributed by atoms with E-state index in [4.69, 9.17) is 4.42 Å². The lowest BCUT2D eigenvalue weighted by atomic mass is 9.95. The number of hydrogen-bond donors (Lipinski definition) is 0. The number of hydrogen-bond acceptors (Lipinski definition) is 7. The molecule has 5 rings (SSSR count). The molecule has 11 nitrogen and oxygen atoms in total. The fourth-order valence-electron chi connectivity index (χ4n) is 4.54. The molecular weight excluding hydrogens is 551 g/mol. The third-order valence-electron chi connectivity index (χ3n) is 6.55. The summed E-state index contributed by atoms with van der Waals surface area (Å²) in [4.78, 5) is 23.4. The van der Waals surface area contributed by atoms with Crippen LogP contribution in [0, 0.1) is 11.3 Å². The number of imidazole rings is 2. The van der Waals surface area contributed by atoms with Crippen LogP contribution in [0.2, 0.25) is 0 Å². The highest BCUT2D eigenvalue weighted by Crippen LogP contribution is 2.36. The Hall–Kier alpha value is -4.42. The smallest absolute Gasteiger partial charge is 0.449 e. The van der Waals surface area contributed by atoms with E-state index < -0.39 is 40.5 Å². The van der Waals surface area contributed by atoms with Crippen LogP contribution in [0.4, 0.5) is 18.9 Å². The molecule has 0 N–H and O–H groups in total. The molecule has 1 amide bonds. The summed E-state index contributed by atoms with van der Waals surface area (Å²) >= 11 is 0. The molecule has 1 aromatic carbocycles. The second-order valence-corrected chi connectivity index (χ2v) is 11.1. The number of alkyl halides is 3. The van der Waals surface area contributed by atoms with Crippen molar-refractivity contribution in [3.8, 4) is 6.07 Å². The molecule has 0 aliphatic carbocycles. The number of halogens is 3. The normalized spacial score (nSPS) is 15.9. The molecule has 1 aliphatic rings. The fraction of sp³-hybridized carbons (Fsp3) is 0.280. The number of nitrogens with zero attached hydrogens (tertiary/aromatic N) is 7. The van der Waals surface area contributed by atoms with Crippen molar-refractivity contribution in [3.63, 3.8) is 0 Å². The lowest BCUT2D eigenvalue weighted by Gasteiger charge is -2.38. The van der Waals surface area contributed by atoms with E-state index in [-0.39, 0.29) is 23.8 Å². The molecule has 4 heterocycles. The average Bonchev–Trinajstić information content (AvgIpc) is 3.65.